The number of H-pyrrole nitrogens is 2. The van der Waals surface area contributed by atoms with Crippen LogP contribution in [0.15, 0.2) is 66.2 Å². The summed E-state index contributed by atoms with van der Waals surface area (Å²) in [5.41, 5.74) is 6.62. The summed E-state index contributed by atoms with van der Waals surface area (Å²) < 4.78 is 48.7. The van der Waals surface area contributed by atoms with Gasteiger partial charge in [-0.15, -0.1) is 0 Å². The van der Waals surface area contributed by atoms with Crippen molar-refractivity contribution in [3.8, 4) is 40.4 Å². The van der Waals surface area contributed by atoms with Crippen molar-refractivity contribution in [2.24, 2.45) is 15.8 Å². The molecule has 4 fully saturated rings. The SMILES string of the molecule is COc1cc2c(OC3C=Nc4[nH]c(C)c(C5OCC56CCN(C(=O)CCCOc5cc7ncnc(Oc8cnc9[nH]c(C)cc9c8)c7cc5OC)CC6)c4C3)ccnc2cc1OCCCC(=O)N1CCC2(CC1)COC2. The van der Waals surface area contributed by atoms with Crippen LogP contribution in [0.2, 0.25) is 0 Å². The predicted molar refractivity (Wildman–Crippen MR) is 283 cm³/mol. The second-order valence-electron chi connectivity index (χ2n) is 21.0. The van der Waals surface area contributed by atoms with Crippen LogP contribution in [0.4, 0.5) is 5.82 Å². The zero-order chi connectivity index (χ0) is 52.0. The molecule has 4 saturated heterocycles. The fourth-order valence-corrected chi connectivity index (χ4v) is 11.6. The van der Waals surface area contributed by atoms with Crippen molar-refractivity contribution in [3.05, 3.63) is 83.7 Å². The molecule has 2 N–H and O–H groups in total. The number of carbonyl (C=O) groups excluding carboxylic acids is 2. The van der Waals surface area contributed by atoms with Crippen LogP contribution in [-0.4, -0.2) is 137 Å². The summed E-state index contributed by atoms with van der Waals surface area (Å²) in [5.74, 6) is 4.85. The first-order valence-corrected chi connectivity index (χ1v) is 26.4. The Morgan fingerprint density at radius 2 is 1.43 bits per heavy atom. The van der Waals surface area contributed by atoms with Gasteiger partial charge in [-0.3, -0.25) is 14.6 Å². The summed E-state index contributed by atoms with van der Waals surface area (Å²) in [4.78, 5) is 60.1. The molecule has 76 heavy (non-hydrogen) atoms. The smallest absolute Gasteiger partial charge is 0.230 e. The van der Waals surface area contributed by atoms with E-state index in [0.29, 0.717) is 127 Å². The number of carbonyl (C=O) groups is 2. The van der Waals surface area contributed by atoms with Gasteiger partial charge in [0.05, 0.1) is 76.0 Å². The van der Waals surface area contributed by atoms with Crippen LogP contribution in [0.5, 0.6) is 40.4 Å². The van der Waals surface area contributed by atoms with Gasteiger partial charge in [-0.05, 0) is 82.7 Å². The molecule has 19 nitrogen and oxygen atoms in total. The summed E-state index contributed by atoms with van der Waals surface area (Å²) in [7, 11) is 3.20. The number of aromatic nitrogens is 6. The second-order valence-corrected chi connectivity index (χ2v) is 21.0. The molecule has 19 heteroatoms. The highest BCUT2D eigenvalue weighted by Crippen LogP contribution is 2.56. The number of aliphatic imine (C=N–C) groups is 1. The number of rotatable bonds is 17. The lowest BCUT2D eigenvalue weighted by molar-refractivity contribution is -0.212. The Bertz CT molecular complexity index is 3350. The molecule has 2 unspecified atom stereocenters. The van der Waals surface area contributed by atoms with Crippen LogP contribution in [0.3, 0.4) is 0 Å². The first-order chi connectivity index (χ1) is 37.1. The van der Waals surface area contributed by atoms with E-state index in [-0.39, 0.29) is 29.4 Å². The number of pyridine rings is 2. The maximum Gasteiger partial charge on any atom is 0.230 e. The van der Waals surface area contributed by atoms with Crippen molar-refractivity contribution < 1.29 is 47.5 Å². The molecular weight excluding hydrogens is 971 g/mol. The van der Waals surface area contributed by atoms with Gasteiger partial charge in [-0.1, -0.05) is 0 Å². The van der Waals surface area contributed by atoms with Gasteiger partial charge in [0, 0.05) is 114 Å². The maximum atomic E-state index is 13.6. The second kappa shape index (κ2) is 20.6. The molecule has 5 aliphatic heterocycles. The standard InChI is InChI=1S/C57H63N9O10/c1-34-21-36-22-37(28-59-53(36)63-34)76-55-40-25-46(70-4)48(27-43(40)61-33-62-55)73-20-6-8-50(68)66-17-12-57(13-18-66)32-74-52(57)51-35(2)64-54-41(51)23-38(29-60-54)75-44-9-14-58-42-26-47(45(69-3)24-39(42)44)72-19-5-7-49(67)65-15-10-56(11-16-65)30-71-31-56/h9,14,21-22,24-29,33,38,52,64H,5-8,10-13,15-20,23,30-32H2,1-4H3,(H,59,63). The summed E-state index contributed by atoms with van der Waals surface area (Å²) in [6.45, 7) is 9.98. The number of aryl methyl sites for hydroxylation is 2. The highest BCUT2D eigenvalue weighted by molar-refractivity contribution is 5.89. The summed E-state index contributed by atoms with van der Waals surface area (Å²) in [6, 6.07) is 13.2. The number of benzene rings is 2. The van der Waals surface area contributed by atoms with E-state index in [1.165, 1.54) is 6.33 Å². The van der Waals surface area contributed by atoms with E-state index < -0.39 is 0 Å². The number of hydrogen-bond donors (Lipinski definition) is 2. The lowest BCUT2D eigenvalue weighted by Gasteiger charge is -2.53. The van der Waals surface area contributed by atoms with Crippen LogP contribution >= 0.6 is 0 Å². The average Bonchev–Trinajstić information content (AvgIpc) is 3.97. The Morgan fingerprint density at radius 1 is 0.750 bits per heavy atom. The third-order valence-corrected chi connectivity index (χ3v) is 16.1. The Labute approximate surface area is 439 Å². The molecule has 5 aromatic heterocycles. The molecule has 2 atom stereocenters. The minimum Gasteiger partial charge on any atom is -0.493 e. The maximum absolute atomic E-state index is 13.6. The molecule has 12 rings (SSSR count). The molecule has 0 aliphatic carbocycles. The highest BCUT2D eigenvalue weighted by Gasteiger charge is 2.53. The number of aromatic amines is 2. The molecule has 5 aliphatic rings. The Kier molecular flexibility index (Phi) is 13.4. The summed E-state index contributed by atoms with van der Waals surface area (Å²) in [5, 5.41) is 2.39. The molecular formula is C57H63N9O10. The quantitative estimate of drug-likeness (QED) is 0.0817. The third-order valence-electron chi connectivity index (χ3n) is 16.1. The number of methoxy groups -OCH3 is 2. The van der Waals surface area contributed by atoms with E-state index in [2.05, 4.69) is 36.8 Å². The Balaban J connectivity index is 0.629. The van der Waals surface area contributed by atoms with Gasteiger partial charge in [-0.25, -0.2) is 19.9 Å². The average molecular weight is 1030 g/mol. The first-order valence-electron chi connectivity index (χ1n) is 26.4. The Hall–Kier alpha value is -7.51. The van der Waals surface area contributed by atoms with E-state index in [1.807, 2.05) is 65.4 Å². The van der Waals surface area contributed by atoms with Gasteiger partial charge in [0.15, 0.2) is 23.0 Å². The number of ether oxygens (including phenoxy) is 8. The van der Waals surface area contributed by atoms with E-state index in [9.17, 15) is 9.59 Å². The molecule has 0 radical (unpaired) electrons. The van der Waals surface area contributed by atoms with E-state index >= 15 is 0 Å². The van der Waals surface area contributed by atoms with Crippen LogP contribution in [0.25, 0.3) is 32.8 Å². The van der Waals surface area contributed by atoms with Crippen molar-refractivity contribution in [1.82, 2.24) is 39.7 Å². The predicted octanol–water partition coefficient (Wildman–Crippen LogP) is 8.85. The minimum atomic E-state index is -0.346. The van der Waals surface area contributed by atoms with Crippen molar-refractivity contribution in [1.29, 1.82) is 0 Å². The molecule has 2 spiro atoms. The van der Waals surface area contributed by atoms with Crippen LogP contribution in [0, 0.1) is 24.7 Å². The molecule has 2 aromatic carbocycles. The number of fused-ring (bicyclic) bond motifs is 4. The van der Waals surface area contributed by atoms with Crippen LogP contribution in [-0.2, 0) is 25.5 Å². The first kappa shape index (κ1) is 49.4. The fraction of sp³-hybridized carbons (Fsp3) is 0.456. The van der Waals surface area contributed by atoms with Crippen molar-refractivity contribution in [2.75, 3.05) is 73.4 Å². The monoisotopic (exact) mass is 1030 g/mol. The zero-order valence-electron chi connectivity index (χ0n) is 43.4. The van der Waals surface area contributed by atoms with Crippen molar-refractivity contribution in [3.63, 3.8) is 0 Å². The fourth-order valence-electron chi connectivity index (χ4n) is 11.6. The van der Waals surface area contributed by atoms with Gasteiger partial charge in [0.25, 0.3) is 0 Å². The zero-order valence-corrected chi connectivity index (χ0v) is 43.4. The van der Waals surface area contributed by atoms with Crippen LogP contribution < -0.4 is 28.4 Å². The number of hydrogen-bond acceptors (Lipinski definition) is 15. The van der Waals surface area contributed by atoms with E-state index in [1.54, 1.807) is 26.6 Å². The van der Waals surface area contributed by atoms with Gasteiger partial charge < -0.3 is 57.7 Å². The number of amides is 2. The third kappa shape index (κ3) is 9.58. The number of piperidine rings is 2. The summed E-state index contributed by atoms with van der Waals surface area (Å²) >= 11 is 0. The number of likely N-dealkylation sites (tertiary alicyclic amines) is 2. The van der Waals surface area contributed by atoms with Gasteiger partial charge in [-0.2, -0.15) is 0 Å². The minimum absolute atomic E-state index is 0.0825. The van der Waals surface area contributed by atoms with Crippen LogP contribution in [0.1, 0.15) is 80.0 Å². The largest absolute Gasteiger partial charge is 0.493 e. The molecule has 0 saturated carbocycles. The topological polar surface area (TPSA) is 210 Å². The van der Waals surface area contributed by atoms with Gasteiger partial charge >= 0.3 is 0 Å². The molecule has 396 valence electrons. The van der Waals surface area contributed by atoms with Crippen molar-refractivity contribution in [2.45, 2.75) is 83.8 Å². The molecule has 2 amide bonds. The van der Waals surface area contributed by atoms with E-state index in [0.717, 1.165) is 96.7 Å². The molecule has 10 heterocycles. The Morgan fingerprint density at radius 3 is 2.09 bits per heavy atom. The number of nitrogens with one attached hydrogen (secondary N) is 2. The number of nitrogens with zero attached hydrogens (tertiary/aromatic N) is 7. The lowest BCUT2D eigenvalue weighted by Crippen LogP contribution is -2.54. The van der Waals surface area contributed by atoms with Crippen molar-refractivity contribution >= 4 is 56.7 Å². The molecule has 7 aromatic rings. The summed E-state index contributed by atoms with van der Waals surface area (Å²) in [6.07, 6.45) is 12.5. The molecule has 0 bridgehead atoms. The van der Waals surface area contributed by atoms with Gasteiger partial charge in [0.2, 0.25) is 17.7 Å². The highest BCUT2D eigenvalue weighted by atomic mass is 16.5. The van der Waals surface area contributed by atoms with Gasteiger partial charge in [0.1, 0.15) is 35.4 Å². The van der Waals surface area contributed by atoms with E-state index in [4.69, 9.17) is 42.9 Å². The lowest BCUT2D eigenvalue weighted by atomic mass is 9.67. The normalized spacial score (nSPS) is 19.4.